The number of imide groups is 1. The van der Waals surface area contributed by atoms with Gasteiger partial charge in [-0.2, -0.15) is 0 Å². The lowest BCUT2D eigenvalue weighted by atomic mass is 10.1. The average molecular weight is 442 g/mol. The molecule has 3 rings (SSSR count). The van der Waals surface area contributed by atoms with Gasteiger partial charge in [0.25, 0.3) is 17.1 Å². The van der Waals surface area contributed by atoms with Gasteiger partial charge in [0.05, 0.1) is 10.5 Å². The lowest BCUT2D eigenvalue weighted by Gasteiger charge is -2.13. The van der Waals surface area contributed by atoms with Crippen LogP contribution in [-0.2, 0) is 4.79 Å². The van der Waals surface area contributed by atoms with E-state index in [2.05, 4.69) is 5.32 Å². The molecule has 5 nitrogen and oxygen atoms in total. The Morgan fingerprint density at radius 3 is 2.33 bits per heavy atom. The smallest absolute Gasteiger partial charge is 0.293 e. The van der Waals surface area contributed by atoms with Crippen LogP contribution in [0, 0.1) is 29.1 Å². The molecule has 0 saturated carbocycles. The highest BCUT2D eigenvalue weighted by Gasteiger charge is 2.34. The molecule has 30 heavy (non-hydrogen) atoms. The van der Waals surface area contributed by atoms with E-state index in [1.165, 1.54) is 30.3 Å². The first-order chi connectivity index (χ1) is 14.2. The van der Waals surface area contributed by atoms with E-state index in [9.17, 15) is 36.3 Å². The van der Waals surface area contributed by atoms with Crippen molar-refractivity contribution >= 4 is 34.9 Å². The fourth-order valence-electron chi connectivity index (χ4n) is 2.52. The van der Waals surface area contributed by atoms with Crippen molar-refractivity contribution in [2.75, 3.05) is 13.1 Å². The molecular weight excluding hydrogens is 431 g/mol. The molecule has 2 aromatic rings. The summed E-state index contributed by atoms with van der Waals surface area (Å²) in [5.74, 6) is -10.1. The van der Waals surface area contributed by atoms with Crippen molar-refractivity contribution in [2.45, 2.75) is 0 Å². The third kappa shape index (κ3) is 4.35. The number of rotatable bonds is 5. The fraction of sp³-hybridized carbons (Fsp3) is 0.105. The summed E-state index contributed by atoms with van der Waals surface area (Å²) in [5.41, 5.74) is -0.567. The van der Waals surface area contributed by atoms with Crippen LogP contribution in [0.1, 0.15) is 15.9 Å². The van der Waals surface area contributed by atoms with E-state index >= 15 is 0 Å². The number of carbonyl (C=O) groups is 3. The van der Waals surface area contributed by atoms with Crippen LogP contribution < -0.4 is 5.32 Å². The van der Waals surface area contributed by atoms with E-state index in [0.717, 1.165) is 4.90 Å². The van der Waals surface area contributed by atoms with Crippen molar-refractivity contribution in [1.82, 2.24) is 10.2 Å². The maximum Gasteiger partial charge on any atom is 0.293 e. The highest BCUT2D eigenvalue weighted by Crippen LogP contribution is 2.31. The normalized spacial score (nSPS) is 15.2. The minimum Gasteiger partial charge on any atom is -0.350 e. The van der Waals surface area contributed by atoms with Gasteiger partial charge in [-0.05, 0) is 41.6 Å². The van der Waals surface area contributed by atoms with Crippen LogP contribution >= 0.6 is 11.8 Å². The zero-order chi connectivity index (χ0) is 22.0. The van der Waals surface area contributed by atoms with Gasteiger partial charge in [-0.1, -0.05) is 12.1 Å². The first-order valence-electron chi connectivity index (χ1n) is 8.31. The summed E-state index contributed by atoms with van der Waals surface area (Å²) in [6, 6.07) is 5.41. The highest BCUT2D eigenvalue weighted by molar-refractivity contribution is 8.18. The highest BCUT2D eigenvalue weighted by atomic mass is 32.2. The Labute approximate surface area is 170 Å². The van der Waals surface area contributed by atoms with E-state index in [-0.39, 0.29) is 24.1 Å². The second kappa shape index (κ2) is 8.66. The number of thioether (sulfide) groups is 1. The van der Waals surface area contributed by atoms with Crippen LogP contribution in [0.25, 0.3) is 6.08 Å². The maximum atomic E-state index is 13.6. The first kappa shape index (κ1) is 21.5. The van der Waals surface area contributed by atoms with Gasteiger partial charge in [0, 0.05) is 13.1 Å². The molecule has 156 valence electrons. The molecular formula is C19H11F5N2O3S. The summed E-state index contributed by atoms with van der Waals surface area (Å²) in [5, 5.41) is 1.47. The zero-order valence-corrected chi connectivity index (χ0v) is 15.7. The Morgan fingerprint density at radius 1 is 1.00 bits per heavy atom. The van der Waals surface area contributed by atoms with Crippen LogP contribution in [0.15, 0.2) is 35.2 Å². The van der Waals surface area contributed by atoms with Gasteiger partial charge < -0.3 is 5.32 Å². The van der Waals surface area contributed by atoms with Gasteiger partial charge in [0.1, 0.15) is 5.82 Å². The topological polar surface area (TPSA) is 66.5 Å². The summed E-state index contributed by atoms with van der Waals surface area (Å²) < 4.78 is 66.0. The molecule has 0 spiro atoms. The predicted octanol–water partition coefficient (Wildman–Crippen LogP) is 3.85. The number of nitrogens with one attached hydrogen (secondary N) is 1. The van der Waals surface area contributed by atoms with Gasteiger partial charge in [0.15, 0.2) is 23.3 Å². The maximum absolute atomic E-state index is 13.6. The summed E-state index contributed by atoms with van der Waals surface area (Å²) in [6.07, 6.45) is 1.39. The van der Waals surface area contributed by atoms with E-state index in [4.69, 9.17) is 0 Å². The Bertz CT molecular complexity index is 1070. The van der Waals surface area contributed by atoms with E-state index in [1.54, 1.807) is 0 Å². The fourth-order valence-corrected chi connectivity index (χ4v) is 3.38. The summed E-state index contributed by atoms with van der Waals surface area (Å²) >= 11 is 0.635. The van der Waals surface area contributed by atoms with Crippen LogP contribution in [0.3, 0.4) is 0 Å². The van der Waals surface area contributed by atoms with Crippen LogP contribution in [0.2, 0.25) is 0 Å². The molecule has 1 fully saturated rings. The molecule has 0 aromatic heterocycles. The largest absolute Gasteiger partial charge is 0.350 e. The molecule has 0 atom stereocenters. The summed E-state index contributed by atoms with van der Waals surface area (Å²) in [4.78, 5) is 37.2. The Kier molecular flexibility index (Phi) is 6.20. The Balaban J connectivity index is 1.64. The number of hydrogen-bond donors (Lipinski definition) is 1. The van der Waals surface area contributed by atoms with Crippen molar-refractivity contribution in [1.29, 1.82) is 0 Å². The van der Waals surface area contributed by atoms with Crippen molar-refractivity contribution in [3.8, 4) is 0 Å². The number of hydrogen-bond acceptors (Lipinski definition) is 4. The molecule has 0 unspecified atom stereocenters. The molecule has 0 bridgehead atoms. The standard InChI is InChI=1S/C19H11F5N2O3S/c20-10-3-1-9(2-4-10)7-13-18(28)26(19(29)30-13)6-5-25-17(27)11-8-12(21)15(23)16(24)14(11)22/h1-4,7-8H,5-6H2,(H,25,27)/b13-7+. The van der Waals surface area contributed by atoms with E-state index in [0.29, 0.717) is 17.3 Å². The van der Waals surface area contributed by atoms with Gasteiger partial charge in [-0.3, -0.25) is 19.3 Å². The molecule has 1 aliphatic rings. The number of halogens is 5. The molecule has 1 aliphatic heterocycles. The van der Waals surface area contributed by atoms with Gasteiger partial charge in [-0.25, -0.2) is 22.0 Å². The number of amides is 3. The molecule has 1 heterocycles. The average Bonchev–Trinajstić information content (AvgIpc) is 2.98. The second-order valence-electron chi connectivity index (χ2n) is 5.99. The third-order valence-corrected chi connectivity index (χ3v) is 4.92. The van der Waals surface area contributed by atoms with Gasteiger partial charge in [0.2, 0.25) is 0 Å². The molecule has 0 aliphatic carbocycles. The Hall–Kier alpha value is -3.21. The van der Waals surface area contributed by atoms with Crippen molar-refractivity contribution in [3.63, 3.8) is 0 Å². The monoisotopic (exact) mass is 442 g/mol. The summed E-state index contributed by atoms with van der Waals surface area (Å²) in [7, 11) is 0. The molecule has 3 amide bonds. The predicted molar refractivity (Wildman–Crippen MR) is 97.7 cm³/mol. The molecule has 1 saturated heterocycles. The molecule has 2 aromatic carbocycles. The molecule has 11 heteroatoms. The van der Waals surface area contributed by atoms with Crippen LogP contribution in [0.4, 0.5) is 26.7 Å². The van der Waals surface area contributed by atoms with Crippen LogP contribution in [0.5, 0.6) is 0 Å². The quantitative estimate of drug-likeness (QED) is 0.331. The number of carbonyl (C=O) groups excluding carboxylic acids is 3. The Morgan fingerprint density at radius 2 is 1.67 bits per heavy atom. The van der Waals surface area contributed by atoms with Crippen molar-refractivity contribution < 1.29 is 36.3 Å². The van der Waals surface area contributed by atoms with Crippen molar-refractivity contribution in [3.05, 3.63) is 75.4 Å². The first-order valence-corrected chi connectivity index (χ1v) is 9.13. The minimum absolute atomic E-state index is 0.0756. The number of nitrogens with zero attached hydrogens (tertiary/aromatic N) is 1. The lowest BCUT2D eigenvalue weighted by Crippen LogP contribution is -2.37. The minimum atomic E-state index is -2.13. The number of benzene rings is 2. The van der Waals surface area contributed by atoms with Crippen LogP contribution in [-0.4, -0.2) is 35.0 Å². The molecule has 1 N–H and O–H groups in total. The van der Waals surface area contributed by atoms with Gasteiger partial charge >= 0.3 is 0 Å². The third-order valence-electron chi connectivity index (χ3n) is 4.01. The lowest BCUT2D eigenvalue weighted by molar-refractivity contribution is -0.122. The second-order valence-corrected chi connectivity index (χ2v) is 6.98. The van der Waals surface area contributed by atoms with E-state index < -0.39 is 51.7 Å². The summed E-state index contributed by atoms with van der Waals surface area (Å²) in [6.45, 7) is -0.647. The van der Waals surface area contributed by atoms with Gasteiger partial charge in [-0.15, -0.1) is 0 Å². The van der Waals surface area contributed by atoms with Crippen molar-refractivity contribution in [2.24, 2.45) is 0 Å². The zero-order valence-electron chi connectivity index (χ0n) is 14.8. The molecule has 0 radical (unpaired) electrons. The van der Waals surface area contributed by atoms with E-state index in [1.807, 2.05) is 0 Å². The SMILES string of the molecule is O=C(NCCN1C(=O)S/C(=C/c2ccc(F)cc2)C1=O)c1cc(F)c(F)c(F)c1F.